The van der Waals surface area contributed by atoms with Gasteiger partial charge in [0.25, 0.3) is 5.95 Å². The van der Waals surface area contributed by atoms with Crippen LogP contribution in [0.5, 0.6) is 5.75 Å². The zero-order valence-corrected chi connectivity index (χ0v) is 17.2. The molecule has 3 aromatic heterocycles. The number of amides is 1. The number of nitrogens with one attached hydrogen (secondary N) is 1. The first-order valence-corrected chi connectivity index (χ1v) is 9.33. The normalized spacial score (nSPS) is 11.4. The smallest absolute Gasteiger partial charge is 0.346 e. The van der Waals surface area contributed by atoms with Gasteiger partial charge in [0.1, 0.15) is 12.4 Å². The van der Waals surface area contributed by atoms with Crippen LogP contribution in [0.3, 0.4) is 0 Å². The number of rotatable bonds is 9. The number of aliphatic imine (C=N–C) groups is 1. The summed E-state index contributed by atoms with van der Waals surface area (Å²) in [5.41, 5.74) is 10.8. The number of aliphatic carboxylic acids is 2. The summed E-state index contributed by atoms with van der Waals surface area (Å²) in [4.78, 5) is 61.9. The number of carbonyl (C=O) groups is 4. The molecule has 0 radical (unpaired) electrons. The van der Waals surface area contributed by atoms with Crippen molar-refractivity contribution >= 4 is 41.4 Å². The predicted octanol–water partition coefficient (Wildman–Crippen LogP) is -1.77. The second-order valence-corrected chi connectivity index (χ2v) is 6.62. The Hall–Kier alpha value is -5.15. The van der Waals surface area contributed by atoms with Crippen molar-refractivity contribution in [3.63, 3.8) is 0 Å². The highest BCUT2D eigenvalue weighted by atomic mass is 16.5. The van der Waals surface area contributed by atoms with E-state index < -0.39 is 36.3 Å². The fourth-order valence-electron chi connectivity index (χ4n) is 2.69. The summed E-state index contributed by atoms with van der Waals surface area (Å²) >= 11 is 0. The first-order chi connectivity index (χ1) is 16.1. The Bertz CT molecular complexity index is 1280. The summed E-state index contributed by atoms with van der Waals surface area (Å²) in [6.45, 7) is 0. The van der Waals surface area contributed by atoms with Gasteiger partial charge in [-0.3, -0.25) is 9.59 Å². The first kappa shape index (κ1) is 23.5. The van der Waals surface area contributed by atoms with Crippen molar-refractivity contribution in [3.05, 3.63) is 42.1 Å². The number of carbonyl (C=O) groups excluding carboxylic acids is 2. The number of carboxylic acids is 2. The lowest BCUT2D eigenvalue weighted by Crippen LogP contribution is -2.43. The molecule has 3 rings (SSSR count). The van der Waals surface area contributed by atoms with Gasteiger partial charge in [0.05, 0.1) is 24.1 Å². The Morgan fingerprint density at radius 3 is 2.44 bits per heavy atom. The molecule has 16 nitrogen and oxygen atoms in total. The van der Waals surface area contributed by atoms with Crippen LogP contribution in [-0.2, 0) is 20.8 Å². The number of esters is 1. The molecule has 3 aromatic rings. The highest BCUT2D eigenvalue weighted by Crippen LogP contribution is 2.21. The second-order valence-electron chi connectivity index (χ2n) is 6.62. The third-order valence-corrected chi connectivity index (χ3v) is 4.13. The molecule has 16 heteroatoms. The van der Waals surface area contributed by atoms with E-state index in [1.165, 1.54) is 16.6 Å². The van der Waals surface area contributed by atoms with E-state index in [0.717, 1.165) is 18.7 Å². The summed E-state index contributed by atoms with van der Waals surface area (Å²) < 4.78 is 6.54. The van der Waals surface area contributed by atoms with Gasteiger partial charge < -0.3 is 31.7 Å². The zero-order valence-electron chi connectivity index (χ0n) is 17.2. The maximum Gasteiger partial charge on any atom is 0.346 e. The molecule has 0 aromatic carbocycles. The summed E-state index contributed by atoms with van der Waals surface area (Å²) in [6, 6.07) is 1.18. The molecule has 0 saturated heterocycles. The van der Waals surface area contributed by atoms with Crippen LogP contribution in [0.2, 0.25) is 0 Å². The third kappa shape index (κ3) is 5.75. The van der Waals surface area contributed by atoms with Crippen molar-refractivity contribution in [2.45, 2.75) is 18.9 Å². The Kier molecular flexibility index (Phi) is 6.90. The monoisotopic (exact) mass is 471 g/mol. The van der Waals surface area contributed by atoms with E-state index in [1.54, 1.807) is 0 Å². The highest BCUT2D eigenvalue weighted by Gasteiger charge is 2.24. The number of guanidine groups is 1. The van der Waals surface area contributed by atoms with E-state index in [9.17, 15) is 19.2 Å². The van der Waals surface area contributed by atoms with Crippen LogP contribution in [0, 0.1) is 0 Å². The van der Waals surface area contributed by atoms with Crippen LogP contribution in [0.25, 0.3) is 5.65 Å². The number of ether oxygens (including phenoxy) is 1. The average Bonchev–Trinajstić information content (AvgIpc) is 3.25. The quantitative estimate of drug-likeness (QED) is 0.132. The fourth-order valence-corrected chi connectivity index (χ4v) is 2.69. The average molecular weight is 471 g/mol. The number of aromatic nitrogens is 5. The van der Waals surface area contributed by atoms with Gasteiger partial charge in [-0.15, -0.1) is 0 Å². The molecule has 0 saturated carbocycles. The second kappa shape index (κ2) is 9.98. The van der Waals surface area contributed by atoms with Crippen molar-refractivity contribution in [1.82, 2.24) is 29.9 Å². The number of nitrogens with two attached hydrogens (primary N) is 2. The molecule has 7 N–H and O–H groups in total. The Morgan fingerprint density at radius 1 is 1.12 bits per heavy atom. The standard InChI is InChI=1S/C18H17N9O7/c19-17(20)26-18-21-5-8(6-22-18)16(33)34-11-2-1-9(27-14(11)23-7-24-27)3-12(28)25-10(15(31)32)4-13(29)30/h1-2,5-7,10H,3-4H2,(H,25,28)(H,29,30)(H,31,32)(H4,19,20,21,22,26). The zero-order chi connectivity index (χ0) is 24.8. The van der Waals surface area contributed by atoms with Gasteiger partial charge in [-0.1, -0.05) is 0 Å². The molecule has 1 atom stereocenters. The van der Waals surface area contributed by atoms with Gasteiger partial charge >= 0.3 is 17.9 Å². The van der Waals surface area contributed by atoms with E-state index in [2.05, 4.69) is 30.4 Å². The summed E-state index contributed by atoms with van der Waals surface area (Å²) in [7, 11) is 0. The number of pyridine rings is 1. The van der Waals surface area contributed by atoms with Gasteiger partial charge in [0.15, 0.2) is 17.4 Å². The van der Waals surface area contributed by atoms with Gasteiger partial charge in [-0.2, -0.15) is 10.1 Å². The predicted molar refractivity (Wildman–Crippen MR) is 111 cm³/mol. The van der Waals surface area contributed by atoms with E-state index in [1.807, 2.05) is 0 Å². The molecule has 3 heterocycles. The molecule has 0 aliphatic heterocycles. The molecule has 1 unspecified atom stereocenters. The first-order valence-electron chi connectivity index (χ1n) is 9.33. The van der Waals surface area contributed by atoms with Crippen molar-refractivity contribution < 1.29 is 34.1 Å². The van der Waals surface area contributed by atoms with Gasteiger partial charge in [0.2, 0.25) is 5.91 Å². The van der Waals surface area contributed by atoms with Gasteiger partial charge in [0, 0.05) is 12.4 Å². The number of fused-ring (bicyclic) bond motifs is 1. The minimum Gasteiger partial charge on any atom is -0.481 e. The summed E-state index contributed by atoms with van der Waals surface area (Å²) in [5.74, 6) is -4.73. The van der Waals surface area contributed by atoms with Gasteiger partial charge in [-0.25, -0.2) is 29.1 Å². The fraction of sp³-hybridized carbons (Fsp3) is 0.167. The molecule has 0 spiro atoms. The van der Waals surface area contributed by atoms with E-state index in [0.29, 0.717) is 0 Å². The summed E-state index contributed by atoms with van der Waals surface area (Å²) in [5, 5.41) is 24.0. The lowest BCUT2D eigenvalue weighted by molar-refractivity contribution is -0.147. The van der Waals surface area contributed by atoms with Crippen molar-refractivity contribution in [1.29, 1.82) is 0 Å². The number of hydrogen-bond acceptors (Lipinski definition) is 10. The molecule has 0 aliphatic rings. The van der Waals surface area contributed by atoms with Crippen LogP contribution >= 0.6 is 0 Å². The van der Waals surface area contributed by atoms with Crippen molar-refractivity contribution in [2.75, 3.05) is 0 Å². The molecule has 0 bridgehead atoms. The Morgan fingerprint density at radius 2 is 1.82 bits per heavy atom. The third-order valence-electron chi connectivity index (χ3n) is 4.13. The van der Waals surface area contributed by atoms with Crippen LogP contribution in [-0.4, -0.2) is 70.6 Å². The Balaban J connectivity index is 1.75. The van der Waals surface area contributed by atoms with Crippen LogP contribution in [0.15, 0.2) is 35.8 Å². The maximum absolute atomic E-state index is 12.4. The van der Waals surface area contributed by atoms with E-state index in [4.69, 9.17) is 26.4 Å². The van der Waals surface area contributed by atoms with Crippen LogP contribution in [0.4, 0.5) is 5.95 Å². The number of hydrogen-bond donors (Lipinski definition) is 5. The van der Waals surface area contributed by atoms with Gasteiger partial charge in [-0.05, 0) is 12.1 Å². The van der Waals surface area contributed by atoms with Crippen LogP contribution in [0.1, 0.15) is 22.5 Å². The molecular weight excluding hydrogens is 454 g/mol. The van der Waals surface area contributed by atoms with E-state index >= 15 is 0 Å². The lowest BCUT2D eigenvalue weighted by Gasteiger charge is -2.13. The van der Waals surface area contributed by atoms with Crippen LogP contribution < -0.4 is 21.5 Å². The number of nitrogens with zero attached hydrogens (tertiary/aromatic N) is 6. The SMILES string of the molecule is NC(N)=Nc1ncc(C(=O)Oc2ccc(CC(=O)NC(CC(=O)O)C(=O)O)n3ncnc23)cn1. The molecule has 34 heavy (non-hydrogen) atoms. The molecule has 0 fully saturated rings. The maximum atomic E-state index is 12.4. The molecule has 0 aliphatic carbocycles. The highest BCUT2D eigenvalue weighted by molar-refractivity contribution is 5.91. The topological polar surface area (TPSA) is 250 Å². The minimum atomic E-state index is -1.60. The van der Waals surface area contributed by atoms with Crippen molar-refractivity contribution in [3.8, 4) is 5.75 Å². The Labute approximate surface area is 189 Å². The molecule has 176 valence electrons. The minimum absolute atomic E-state index is 0.00574. The number of carboxylic acid groups (broad SMARTS) is 2. The molecular formula is C18H17N9O7. The van der Waals surface area contributed by atoms with E-state index in [-0.39, 0.29) is 41.0 Å². The van der Waals surface area contributed by atoms with Crippen molar-refractivity contribution in [2.24, 2.45) is 16.5 Å². The largest absolute Gasteiger partial charge is 0.481 e. The lowest BCUT2D eigenvalue weighted by atomic mass is 10.2. The molecule has 1 amide bonds. The summed E-state index contributed by atoms with van der Waals surface area (Å²) in [6.07, 6.45) is 2.34.